The van der Waals surface area contributed by atoms with Crippen LogP contribution in [0.5, 0.6) is 0 Å². The van der Waals surface area contributed by atoms with Crippen molar-refractivity contribution >= 4 is 11.4 Å². The van der Waals surface area contributed by atoms with E-state index >= 15 is 0 Å². The van der Waals surface area contributed by atoms with Gasteiger partial charge in [-0.15, -0.1) is 0 Å². The topological polar surface area (TPSA) is 79.4 Å². The lowest BCUT2D eigenvalue weighted by Crippen LogP contribution is -2.26. The minimum atomic E-state index is -3.13. The summed E-state index contributed by atoms with van der Waals surface area (Å²) in [7, 11) is 0. The van der Waals surface area contributed by atoms with Crippen LogP contribution in [-0.4, -0.2) is 11.5 Å². The van der Waals surface area contributed by atoms with Crippen molar-refractivity contribution in [3.63, 3.8) is 0 Å². The molecule has 0 spiro atoms. The quantitative estimate of drug-likeness (QED) is 0.600. The second-order valence-corrected chi connectivity index (χ2v) is 4.43. The summed E-state index contributed by atoms with van der Waals surface area (Å²) in [6.45, 7) is -3.23. The Morgan fingerprint density at radius 2 is 1.91 bits per heavy atom. The molecule has 2 rings (SSSR count). The Labute approximate surface area is 130 Å². The minimum Gasteiger partial charge on any atom is -0.258 e. The maximum absolute atomic E-state index is 12.7. The number of hydrogen-bond acceptors (Lipinski definition) is 5. The molecule has 0 bridgehead atoms. The summed E-state index contributed by atoms with van der Waals surface area (Å²) >= 11 is 0. The molecule has 0 saturated heterocycles. The van der Waals surface area contributed by atoms with Gasteiger partial charge in [-0.05, 0) is 11.6 Å². The highest BCUT2D eigenvalue weighted by atomic mass is 19.3. The highest BCUT2D eigenvalue weighted by molar-refractivity contribution is 5.66. The van der Waals surface area contributed by atoms with Crippen LogP contribution in [0.25, 0.3) is 0 Å². The zero-order valence-corrected chi connectivity index (χ0v) is 11.7. The van der Waals surface area contributed by atoms with Gasteiger partial charge in [0, 0.05) is 6.07 Å². The molecule has 0 aromatic heterocycles. The zero-order chi connectivity index (χ0) is 16.8. The Balaban J connectivity index is 2.45. The molecule has 0 unspecified atom stereocenters. The highest BCUT2D eigenvalue weighted by Crippen LogP contribution is 2.30. The molecule has 6 nitrogen and oxygen atoms in total. The smallest absolute Gasteiger partial charge is 0.258 e. The number of rotatable bonds is 6. The first-order chi connectivity index (χ1) is 11.0. The molecule has 0 N–H and O–H groups in total. The third-order valence-corrected chi connectivity index (χ3v) is 2.97. The standard InChI is InChI=1S/C15H11F2N3O3/c16-15(17)23-19(10-11-5-2-1-3-6-11)13-7-4-8-14(20(21)22)12(13)9-18/h1-8,15H,10H2. The molecule has 2 aromatic carbocycles. The lowest BCUT2D eigenvalue weighted by atomic mass is 10.1. The summed E-state index contributed by atoms with van der Waals surface area (Å²) in [6.07, 6.45) is 0. The van der Waals surface area contributed by atoms with Crippen LogP contribution in [0, 0.1) is 21.4 Å². The highest BCUT2D eigenvalue weighted by Gasteiger charge is 2.23. The molecular formula is C15H11F2N3O3. The summed E-state index contributed by atoms with van der Waals surface area (Å²) in [5.74, 6) is 0. The number of halogens is 2. The predicted octanol–water partition coefficient (Wildman–Crippen LogP) is 3.63. The number of nitro benzene ring substituents is 1. The van der Waals surface area contributed by atoms with Crippen molar-refractivity contribution in [1.29, 1.82) is 5.26 Å². The Hall–Kier alpha value is -3.05. The number of hydroxylamine groups is 1. The molecule has 23 heavy (non-hydrogen) atoms. The van der Waals surface area contributed by atoms with Crippen molar-refractivity contribution in [2.45, 2.75) is 13.2 Å². The van der Waals surface area contributed by atoms with Crippen molar-refractivity contribution in [2.75, 3.05) is 5.06 Å². The molecule has 118 valence electrons. The van der Waals surface area contributed by atoms with Crippen molar-refractivity contribution in [1.82, 2.24) is 0 Å². The van der Waals surface area contributed by atoms with E-state index in [2.05, 4.69) is 4.84 Å². The molecule has 0 heterocycles. The van der Waals surface area contributed by atoms with Crippen molar-refractivity contribution in [3.8, 4) is 6.07 Å². The van der Waals surface area contributed by atoms with Crippen LogP contribution >= 0.6 is 0 Å². The number of nitrogens with zero attached hydrogens (tertiary/aromatic N) is 3. The van der Waals surface area contributed by atoms with Gasteiger partial charge in [0.25, 0.3) is 5.69 Å². The van der Waals surface area contributed by atoms with Crippen LogP contribution in [0.15, 0.2) is 48.5 Å². The van der Waals surface area contributed by atoms with Gasteiger partial charge in [-0.3, -0.25) is 10.1 Å². The van der Waals surface area contributed by atoms with E-state index in [1.165, 1.54) is 12.1 Å². The molecule has 0 radical (unpaired) electrons. The van der Waals surface area contributed by atoms with E-state index in [4.69, 9.17) is 0 Å². The largest absolute Gasteiger partial charge is 0.364 e. The lowest BCUT2D eigenvalue weighted by Gasteiger charge is -2.24. The van der Waals surface area contributed by atoms with Gasteiger partial charge in [0.1, 0.15) is 6.07 Å². The zero-order valence-electron chi connectivity index (χ0n) is 11.7. The number of benzene rings is 2. The van der Waals surface area contributed by atoms with Crippen LogP contribution in [0.3, 0.4) is 0 Å². The maximum atomic E-state index is 12.7. The van der Waals surface area contributed by atoms with Gasteiger partial charge in [-0.25, -0.2) is 9.90 Å². The molecule has 0 aliphatic carbocycles. The first kappa shape index (κ1) is 16.3. The number of alkyl halides is 2. The van der Waals surface area contributed by atoms with E-state index in [1.807, 2.05) is 0 Å². The third-order valence-electron chi connectivity index (χ3n) is 2.97. The van der Waals surface area contributed by atoms with Crippen LogP contribution in [0.4, 0.5) is 20.2 Å². The third kappa shape index (κ3) is 3.99. The van der Waals surface area contributed by atoms with Crippen molar-refractivity contribution < 1.29 is 18.5 Å². The van der Waals surface area contributed by atoms with Crippen LogP contribution in [0.2, 0.25) is 0 Å². The summed E-state index contributed by atoms with van der Waals surface area (Å²) in [5, 5.41) is 20.9. The Morgan fingerprint density at radius 1 is 1.22 bits per heavy atom. The number of nitro groups is 1. The van der Waals surface area contributed by atoms with Gasteiger partial charge >= 0.3 is 6.61 Å². The van der Waals surface area contributed by atoms with Crippen LogP contribution in [0.1, 0.15) is 11.1 Å². The number of anilines is 1. The van der Waals surface area contributed by atoms with Crippen LogP contribution < -0.4 is 5.06 Å². The summed E-state index contributed by atoms with van der Waals surface area (Å²) in [5.41, 5.74) is -0.260. The number of hydrogen-bond donors (Lipinski definition) is 0. The Morgan fingerprint density at radius 3 is 2.48 bits per heavy atom. The first-order valence-electron chi connectivity index (χ1n) is 6.47. The molecule has 8 heteroatoms. The van der Waals surface area contributed by atoms with Crippen molar-refractivity contribution in [3.05, 3.63) is 69.8 Å². The van der Waals surface area contributed by atoms with Gasteiger partial charge < -0.3 is 0 Å². The van der Waals surface area contributed by atoms with E-state index < -0.39 is 17.2 Å². The fraction of sp³-hybridized carbons (Fsp3) is 0.133. The van der Waals surface area contributed by atoms with E-state index in [0.29, 0.717) is 5.56 Å². The van der Waals surface area contributed by atoms with Gasteiger partial charge in [0.15, 0.2) is 5.56 Å². The molecule has 0 atom stereocenters. The minimum absolute atomic E-state index is 0.0918. The Bertz CT molecular complexity index is 732. The second-order valence-electron chi connectivity index (χ2n) is 4.43. The average Bonchev–Trinajstić information content (AvgIpc) is 2.54. The Kier molecular flexibility index (Phi) is 5.17. The maximum Gasteiger partial charge on any atom is 0.364 e. The van der Waals surface area contributed by atoms with E-state index in [-0.39, 0.29) is 17.8 Å². The molecule has 0 aliphatic rings. The second kappa shape index (κ2) is 7.29. The molecule has 2 aromatic rings. The monoisotopic (exact) mass is 319 g/mol. The van der Waals surface area contributed by atoms with Crippen LogP contribution in [-0.2, 0) is 11.4 Å². The fourth-order valence-electron chi connectivity index (χ4n) is 2.03. The van der Waals surface area contributed by atoms with Gasteiger partial charge in [0.05, 0.1) is 17.2 Å². The summed E-state index contributed by atoms with van der Waals surface area (Å²) in [4.78, 5) is 14.7. The van der Waals surface area contributed by atoms with Gasteiger partial charge in [-0.1, -0.05) is 36.4 Å². The fourth-order valence-corrected chi connectivity index (χ4v) is 2.03. The normalized spacial score (nSPS) is 10.3. The van der Waals surface area contributed by atoms with E-state index in [0.717, 1.165) is 11.1 Å². The summed E-state index contributed by atoms with van der Waals surface area (Å²) < 4.78 is 25.4. The summed E-state index contributed by atoms with van der Waals surface area (Å²) in [6, 6.07) is 14.0. The predicted molar refractivity (Wildman–Crippen MR) is 77.5 cm³/mol. The van der Waals surface area contributed by atoms with Gasteiger partial charge in [0.2, 0.25) is 0 Å². The van der Waals surface area contributed by atoms with E-state index in [1.54, 1.807) is 36.4 Å². The van der Waals surface area contributed by atoms with Crippen molar-refractivity contribution in [2.24, 2.45) is 0 Å². The number of nitriles is 1. The molecular weight excluding hydrogens is 308 g/mol. The SMILES string of the molecule is N#Cc1c(N(Cc2ccccc2)OC(F)F)cccc1[N+](=O)[O-]. The average molecular weight is 319 g/mol. The molecule has 0 aliphatic heterocycles. The van der Waals surface area contributed by atoms with E-state index in [9.17, 15) is 24.2 Å². The molecule has 0 fully saturated rings. The lowest BCUT2D eigenvalue weighted by molar-refractivity contribution is -0.385. The molecule has 0 saturated carbocycles. The molecule has 0 amide bonds. The van der Waals surface area contributed by atoms with Gasteiger partial charge in [-0.2, -0.15) is 14.0 Å². The first-order valence-corrected chi connectivity index (χ1v) is 6.47.